The van der Waals surface area contributed by atoms with Crippen LogP contribution in [-0.4, -0.2) is 11.1 Å². The maximum Gasteiger partial charge on any atom is 0.307 e. The Kier molecular flexibility index (Phi) is 4.93. The van der Waals surface area contributed by atoms with Gasteiger partial charge in [0.1, 0.15) is 17.9 Å². The average Bonchev–Trinajstić information content (AvgIpc) is 2.94. The van der Waals surface area contributed by atoms with Gasteiger partial charge in [0, 0.05) is 32.1 Å². The van der Waals surface area contributed by atoms with Crippen LogP contribution >= 0.6 is 23.2 Å². The van der Waals surface area contributed by atoms with Crippen molar-refractivity contribution < 1.29 is 19.1 Å². The Hall–Kier alpha value is -2.17. The number of aryl methyl sites for hydroxylation is 2. The number of furan rings is 1. The van der Waals surface area contributed by atoms with Crippen molar-refractivity contribution in [1.82, 2.24) is 0 Å². The SMILES string of the molecule is Cc1c(OCc2ccc(Cl)cc2Cl)cc(C)c2c(CC(=O)O)coc12. The molecule has 0 unspecified atom stereocenters. The van der Waals surface area contributed by atoms with Crippen molar-refractivity contribution in [1.29, 1.82) is 0 Å². The van der Waals surface area contributed by atoms with Crippen LogP contribution in [0.5, 0.6) is 5.75 Å². The molecule has 1 N–H and O–H groups in total. The highest BCUT2D eigenvalue weighted by molar-refractivity contribution is 6.35. The number of aliphatic carboxylic acids is 1. The van der Waals surface area contributed by atoms with Gasteiger partial charge in [-0.3, -0.25) is 4.79 Å². The summed E-state index contributed by atoms with van der Waals surface area (Å²) >= 11 is 12.1. The fourth-order valence-corrected chi connectivity index (χ4v) is 3.29. The standard InChI is InChI=1S/C19H16Cl2O4/c1-10-5-16(24-8-12-3-4-14(20)7-15(12)21)11(2)19-18(10)13(9-25-19)6-17(22)23/h3-5,7,9H,6,8H2,1-2H3,(H,22,23). The molecular weight excluding hydrogens is 363 g/mol. The Morgan fingerprint density at radius 1 is 1.20 bits per heavy atom. The summed E-state index contributed by atoms with van der Waals surface area (Å²) in [5.41, 5.74) is 3.86. The van der Waals surface area contributed by atoms with E-state index in [4.69, 9.17) is 37.5 Å². The van der Waals surface area contributed by atoms with Gasteiger partial charge in [-0.25, -0.2) is 0 Å². The highest BCUT2D eigenvalue weighted by Crippen LogP contribution is 2.35. The summed E-state index contributed by atoms with van der Waals surface area (Å²) < 4.78 is 11.5. The molecule has 4 nitrogen and oxygen atoms in total. The number of halogens is 2. The molecule has 1 heterocycles. The minimum absolute atomic E-state index is 0.0755. The molecule has 130 valence electrons. The van der Waals surface area contributed by atoms with Gasteiger partial charge in [-0.15, -0.1) is 0 Å². The molecule has 0 saturated carbocycles. The lowest BCUT2D eigenvalue weighted by molar-refractivity contribution is -0.136. The minimum Gasteiger partial charge on any atom is -0.488 e. The lowest BCUT2D eigenvalue weighted by atomic mass is 10.0. The van der Waals surface area contributed by atoms with Crippen LogP contribution in [0.1, 0.15) is 22.3 Å². The first kappa shape index (κ1) is 17.6. The van der Waals surface area contributed by atoms with E-state index in [9.17, 15) is 4.79 Å². The Labute approximate surface area is 154 Å². The summed E-state index contributed by atoms with van der Waals surface area (Å²) in [7, 11) is 0. The third-order valence-corrected chi connectivity index (χ3v) is 4.65. The minimum atomic E-state index is -0.891. The van der Waals surface area contributed by atoms with E-state index in [0.717, 1.165) is 22.1 Å². The van der Waals surface area contributed by atoms with Crippen LogP contribution in [0.3, 0.4) is 0 Å². The van der Waals surface area contributed by atoms with E-state index in [-0.39, 0.29) is 6.42 Å². The van der Waals surface area contributed by atoms with Crippen molar-refractivity contribution in [3.05, 3.63) is 62.8 Å². The number of fused-ring (bicyclic) bond motifs is 1. The maximum absolute atomic E-state index is 11.0. The molecular formula is C19H16Cl2O4. The molecule has 0 aliphatic rings. The van der Waals surface area contributed by atoms with E-state index < -0.39 is 5.97 Å². The molecule has 0 aliphatic heterocycles. The lowest BCUT2D eigenvalue weighted by Crippen LogP contribution is -2.01. The van der Waals surface area contributed by atoms with Crippen LogP contribution in [0.15, 0.2) is 34.9 Å². The summed E-state index contributed by atoms with van der Waals surface area (Å²) in [6.07, 6.45) is 1.42. The summed E-state index contributed by atoms with van der Waals surface area (Å²) in [4.78, 5) is 11.0. The van der Waals surface area contributed by atoms with E-state index >= 15 is 0 Å². The number of carboxylic acid groups (broad SMARTS) is 1. The number of hydrogen-bond acceptors (Lipinski definition) is 3. The van der Waals surface area contributed by atoms with Crippen LogP contribution in [0.25, 0.3) is 11.0 Å². The molecule has 0 amide bonds. The number of benzene rings is 2. The predicted molar refractivity (Wildman–Crippen MR) is 97.8 cm³/mol. The zero-order chi connectivity index (χ0) is 18.1. The molecule has 0 aliphatic carbocycles. The number of carboxylic acids is 1. The third kappa shape index (κ3) is 3.60. The molecule has 1 aromatic heterocycles. The molecule has 6 heteroatoms. The van der Waals surface area contributed by atoms with Gasteiger partial charge in [0.05, 0.1) is 12.7 Å². The van der Waals surface area contributed by atoms with E-state index in [1.165, 1.54) is 6.26 Å². The fourth-order valence-electron chi connectivity index (χ4n) is 2.83. The summed E-state index contributed by atoms with van der Waals surface area (Å²) in [5.74, 6) is -0.218. The maximum atomic E-state index is 11.0. The number of hydrogen-bond donors (Lipinski definition) is 1. The van der Waals surface area contributed by atoms with Crippen molar-refractivity contribution in [3.63, 3.8) is 0 Å². The Balaban J connectivity index is 1.92. The second-order valence-electron chi connectivity index (χ2n) is 5.88. The first-order valence-electron chi connectivity index (χ1n) is 7.65. The second-order valence-corrected chi connectivity index (χ2v) is 6.72. The molecule has 2 aromatic carbocycles. The zero-order valence-electron chi connectivity index (χ0n) is 13.7. The largest absolute Gasteiger partial charge is 0.488 e. The van der Waals surface area contributed by atoms with Crippen LogP contribution in [0.2, 0.25) is 10.0 Å². The van der Waals surface area contributed by atoms with E-state index in [1.54, 1.807) is 12.1 Å². The molecule has 0 atom stereocenters. The van der Waals surface area contributed by atoms with Crippen molar-refractivity contribution in [2.24, 2.45) is 0 Å². The molecule has 3 aromatic rings. The molecule has 0 radical (unpaired) electrons. The van der Waals surface area contributed by atoms with Crippen LogP contribution in [0.4, 0.5) is 0 Å². The molecule has 3 rings (SSSR count). The number of ether oxygens (including phenoxy) is 1. The summed E-state index contributed by atoms with van der Waals surface area (Å²) in [6.45, 7) is 4.09. The molecule has 25 heavy (non-hydrogen) atoms. The fraction of sp³-hybridized carbons (Fsp3) is 0.211. The van der Waals surface area contributed by atoms with Gasteiger partial charge in [0.15, 0.2) is 0 Å². The zero-order valence-corrected chi connectivity index (χ0v) is 15.2. The van der Waals surface area contributed by atoms with Gasteiger partial charge in [-0.2, -0.15) is 0 Å². The first-order chi connectivity index (χ1) is 11.9. The van der Waals surface area contributed by atoms with Crippen LogP contribution in [-0.2, 0) is 17.8 Å². The molecule has 0 bridgehead atoms. The second kappa shape index (κ2) is 6.98. The first-order valence-corrected chi connectivity index (χ1v) is 8.41. The average molecular weight is 379 g/mol. The monoisotopic (exact) mass is 378 g/mol. The number of carbonyl (C=O) groups is 1. The lowest BCUT2D eigenvalue weighted by Gasteiger charge is -2.12. The van der Waals surface area contributed by atoms with Gasteiger partial charge in [0.25, 0.3) is 0 Å². The topological polar surface area (TPSA) is 59.7 Å². The van der Waals surface area contributed by atoms with Gasteiger partial charge in [-0.05, 0) is 37.6 Å². The summed E-state index contributed by atoms with van der Waals surface area (Å²) in [5, 5.41) is 11.0. The van der Waals surface area contributed by atoms with Crippen molar-refractivity contribution >= 4 is 40.1 Å². The smallest absolute Gasteiger partial charge is 0.307 e. The highest BCUT2D eigenvalue weighted by atomic mass is 35.5. The van der Waals surface area contributed by atoms with Gasteiger partial charge < -0.3 is 14.3 Å². The molecule has 0 fully saturated rings. The predicted octanol–water partition coefficient (Wildman–Crippen LogP) is 5.56. The van der Waals surface area contributed by atoms with E-state index in [0.29, 0.717) is 33.5 Å². The molecule has 0 saturated heterocycles. The Morgan fingerprint density at radius 2 is 1.96 bits per heavy atom. The van der Waals surface area contributed by atoms with Gasteiger partial charge >= 0.3 is 5.97 Å². The highest BCUT2D eigenvalue weighted by Gasteiger charge is 2.17. The molecule has 0 spiro atoms. The van der Waals surface area contributed by atoms with Crippen LogP contribution in [0, 0.1) is 13.8 Å². The van der Waals surface area contributed by atoms with Crippen molar-refractivity contribution in [2.45, 2.75) is 26.9 Å². The van der Waals surface area contributed by atoms with Crippen molar-refractivity contribution in [3.8, 4) is 5.75 Å². The Morgan fingerprint density at radius 3 is 2.64 bits per heavy atom. The van der Waals surface area contributed by atoms with Gasteiger partial charge in [0.2, 0.25) is 0 Å². The van der Waals surface area contributed by atoms with E-state index in [2.05, 4.69) is 0 Å². The van der Waals surface area contributed by atoms with E-state index in [1.807, 2.05) is 26.0 Å². The number of rotatable bonds is 5. The van der Waals surface area contributed by atoms with Crippen molar-refractivity contribution in [2.75, 3.05) is 0 Å². The third-order valence-electron chi connectivity index (χ3n) is 4.06. The van der Waals surface area contributed by atoms with Gasteiger partial charge in [-0.1, -0.05) is 29.3 Å². The quantitative estimate of drug-likeness (QED) is 0.630. The Bertz CT molecular complexity index is 960. The van der Waals surface area contributed by atoms with Crippen LogP contribution < -0.4 is 4.74 Å². The normalized spacial score (nSPS) is 11.0. The summed E-state index contributed by atoms with van der Waals surface area (Å²) in [6, 6.07) is 7.15.